The van der Waals surface area contributed by atoms with Crippen molar-refractivity contribution in [2.24, 2.45) is 0 Å². The molecule has 0 aliphatic heterocycles. The minimum atomic E-state index is -0.378. The summed E-state index contributed by atoms with van der Waals surface area (Å²) in [4.78, 5) is 26.0. The first-order chi connectivity index (χ1) is 12.7. The van der Waals surface area contributed by atoms with E-state index in [1.165, 1.54) is 0 Å². The largest absolute Gasteiger partial charge is 0.344 e. The van der Waals surface area contributed by atoms with E-state index < -0.39 is 0 Å². The molecule has 0 radical (unpaired) electrons. The summed E-state index contributed by atoms with van der Waals surface area (Å²) >= 11 is 0. The van der Waals surface area contributed by atoms with Crippen molar-refractivity contribution in [3.05, 3.63) is 76.1 Å². The molecule has 1 amide bonds. The molecule has 0 aliphatic rings. The zero-order valence-electron chi connectivity index (χ0n) is 16.5. The highest BCUT2D eigenvalue weighted by atomic mass is 16.2. The second-order valence-electron chi connectivity index (χ2n) is 8.14. The summed E-state index contributed by atoms with van der Waals surface area (Å²) in [5.41, 5.74) is 2.40. The number of hydrogen-bond acceptors (Lipinski definition) is 2. The number of para-hydroxylation sites is 2. The van der Waals surface area contributed by atoms with E-state index in [1.807, 2.05) is 60.9 Å². The van der Waals surface area contributed by atoms with E-state index in [1.54, 1.807) is 12.3 Å². The topological polar surface area (TPSA) is 51.1 Å². The van der Waals surface area contributed by atoms with Crippen LogP contribution in [0.4, 0.5) is 5.69 Å². The van der Waals surface area contributed by atoms with Crippen molar-refractivity contribution in [3.8, 4) is 0 Å². The minimum Gasteiger partial charge on any atom is -0.344 e. The summed E-state index contributed by atoms with van der Waals surface area (Å²) < 4.78 is 1.97. The molecule has 0 spiro atoms. The second-order valence-corrected chi connectivity index (χ2v) is 8.14. The van der Waals surface area contributed by atoms with E-state index in [2.05, 4.69) is 26.1 Å². The fourth-order valence-electron chi connectivity index (χ4n) is 3.33. The number of carbonyl (C=O) groups is 1. The third-order valence-corrected chi connectivity index (χ3v) is 4.72. The van der Waals surface area contributed by atoms with Gasteiger partial charge < -0.3 is 9.88 Å². The molecule has 4 nitrogen and oxygen atoms in total. The number of hydrogen-bond donors (Lipinski definition) is 1. The Morgan fingerprint density at radius 2 is 1.63 bits per heavy atom. The maximum atomic E-state index is 13.0. The lowest BCUT2D eigenvalue weighted by Crippen LogP contribution is -2.25. The van der Waals surface area contributed by atoms with Gasteiger partial charge in [0.1, 0.15) is 5.56 Å². The molecule has 0 aliphatic carbocycles. The molecule has 0 saturated heterocycles. The predicted octanol–water partition coefficient (Wildman–Crippen LogP) is 5.13. The lowest BCUT2D eigenvalue weighted by atomic mass is 9.86. The van der Waals surface area contributed by atoms with Crippen LogP contribution in [0.5, 0.6) is 0 Å². The van der Waals surface area contributed by atoms with Gasteiger partial charge in [-0.1, -0.05) is 51.1 Å². The summed E-state index contributed by atoms with van der Waals surface area (Å²) in [6.45, 7) is 10.4. The van der Waals surface area contributed by atoms with Gasteiger partial charge in [0, 0.05) is 23.3 Å². The number of fused-ring (bicyclic) bond motifs is 1. The molecule has 0 saturated carbocycles. The number of anilines is 1. The van der Waals surface area contributed by atoms with E-state index in [0.717, 1.165) is 16.8 Å². The van der Waals surface area contributed by atoms with Gasteiger partial charge in [0.2, 0.25) is 5.43 Å². The van der Waals surface area contributed by atoms with Crippen LogP contribution in [-0.2, 0) is 5.41 Å². The third kappa shape index (κ3) is 3.65. The molecule has 140 valence electrons. The van der Waals surface area contributed by atoms with Gasteiger partial charge in [0.25, 0.3) is 5.91 Å². The van der Waals surface area contributed by atoms with Crippen LogP contribution in [0.1, 0.15) is 56.6 Å². The monoisotopic (exact) mass is 362 g/mol. The smallest absolute Gasteiger partial charge is 0.261 e. The predicted molar refractivity (Wildman–Crippen MR) is 112 cm³/mol. The number of pyridine rings is 1. The number of aromatic nitrogens is 1. The highest BCUT2D eigenvalue weighted by Gasteiger charge is 2.21. The van der Waals surface area contributed by atoms with E-state index >= 15 is 0 Å². The molecule has 3 rings (SSSR count). The number of nitrogens with zero attached hydrogens (tertiary/aromatic N) is 1. The summed E-state index contributed by atoms with van der Waals surface area (Å²) in [7, 11) is 0. The standard InChI is InChI=1S/C23H26N2O2/c1-15(2)25-14-17(21(26)16-10-6-9-13-20(16)25)22(27)24-19-12-8-7-11-18(19)23(3,4)5/h6-15H,1-5H3,(H,24,27). The molecule has 0 atom stereocenters. The Morgan fingerprint density at radius 1 is 1.00 bits per heavy atom. The maximum Gasteiger partial charge on any atom is 0.261 e. The van der Waals surface area contributed by atoms with Crippen molar-refractivity contribution >= 4 is 22.5 Å². The average molecular weight is 362 g/mol. The fraction of sp³-hybridized carbons (Fsp3) is 0.304. The minimum absolute atomic E-state index is 0.120. The Kier molecular flexibility index (Phi) is 4.92. The van der Waals surface area contributed by atoms with Crippen LogP contribution < -0.4 is 10.7 Å². The molecule has 0 fully saturated rings. The van der Waals surface area contributed by atoms with Crippen LogP contribution in [-0.4, -0.2) is 10.5 Å². The van der Waals surface area contributed by atoms with Gasteiger partial charge in [-0.05, 0) is 43.0 Å². The summed E-state index contributed by atoms with van der Waals surface area (Å²) in [6.07, 6.45) is 1.67. The highest BCUT2D eigenvalue weighted by molar-refractivity contribution is 6.06. The van der Waals surface area contributed by atoms with Gasteiger partial charge in [-0.15, -0.1) is 0 Å². The highest BCUT2D eigenvalue weighted by Crippen LogP contribution is 2.29. The molecular formula is C23H26N2O2. The van der Waals surface area contributed by atoms with E-state index in [-0.39, 0.29) is 28.4 Å². The Bertz CT molecular complexity index is 1060. The zero-order chi connectivity index (χ0) is 19.8. The number of carbonyl (C=O) groups excluding carboxylic acids is 1. The Balaban J connectivity index is 2.11. The molecule has 1 N–H and O–H groups in total. The molecule has 1 aromatic heterocycles. The van der Waals surface area contributed by atoms with E-state index in [9.17, 15) is 9.59 Å². The molecule has 4 heteroatoms. The quantitative estimate of drug-likeness (QED) is 0.702. The third-order valence-electron chi connectivity index (χ3n) is 4.72. The lowest BCUT2D eigenvalue weighted by molar-refractivity contribution is 0.102. The van der Waals surface area contributed by atoms with Crippen molar-refractivity contribution in [2.75, 3.05) is 5.32 Å². The first-order valence-corrected chi connectivity index (χ1v) is 9.25. The molecule has 27 heavy (non-hydrogen) atoms. The Hall–Kier alpha value is -2.88. The number of nitrogens with one attached hydrogen (secondary N) is 1. The Labute approximate surface area is 159 Å². The number of amides is 1. The van der Waals surface area contributed by atoms with Crippen LogP contribution in [0.15, 0.2) is 59.5 Å². The summed E-state index contributed by atoms with van der Waals surface area (Å²) in [5.74, 6) is -0.378. The number of rotatable bonds is 3. The van der Waals surface area contributed by atoms with Gasteiger partial charge in [-0.2, -0.15) is 0 Å². The number of benzene rings is 2. The van der Waals surface area contributed by atoms with Gasteiger partial charge in [-0.3, -0.25) is 9.59 Å². The van der Waals surface area contributed by atoms with Crippen LogP contribution in [0.25, 0.3) is 10.9 Å². The molecular weight excluding hydrogens is 336 g/mol. The molecule has 0 bridgehead atoms. The average Bonchev–Trinajstić information content (AvgIpc) is 2.61. The molecule has 2 aromatic carbocycles. The Morgan fingerprint density at radius 3 is 2.30 bits per heavy atom. The summed E-state index contributed by atoms with van der Waals surface area (Å²) in [5, 5.41) is 3.51. The normalized spacial score (nSPS) is 11.8. The van der Waals surface area contributed by atoms with Gasteiger partial charge in [0.05, 0.1) is 5.52 Å². The molecule has 0 unspecified atom stereocenters. The first kappa shape index (κ1) is 18.9. The molecule has 1 heterocycles. The first-order valence-electron chi connectivity index (χ1n) is 9.25. The zero-order valence-corrected chi connectivity index (χ0v) is 16.5. The van der Waals surface area contributed by atoms with Crippen molar-refractivity contribution in [1.82, 2.24) is 4.57 Å². The van der Waals surface area contributed by atoms with Crippen molar-refractivity contribution in [2.45, 2.75) is 46.1 Å². The van der Waals surface area contributed by atoms with Crippen molar-refractivity contribution in [3.63, 3.8) is 0 Å². The van der Waals surface area contributed by atoms with Crippen molar-refractivity contribution in [1.29, 1.82) is 0 Å². The van der Waals surface area contributed by atoms with Gasteiger partial charge >= 0.3 is 0 Å². The lowest BCUT2D eigenvalue weighted by Gasteiger charge is -2.23. The molecule has 3 aromatic rings. The van der Waals surface area contributed by atoms with Gasteiger partial charge in [0.15, 0.2) is 0 Å². The van der Waals surface area contributed by atoms with Crippen LogP contribution in [0.2, 0.25) is 0 Å². The van der Waals surface area contributed by atoms with Crippen molar-refractivity contribution < 1.29 is 4.79 Å². The van der Waals surface area contributed by atoms with Crippen LogP contribution in [0, 0.1) is 0 Å². The van der Waals surface area contributed by atoms with E-state index in [0.29, 0.717) is 5.39 Å². The fourth-order valence-corrected chi connectivity index (χ4v) is 3.33. The van der Waals surface area contributed by atoms with E-state index in [4.69, 9.17) is 0 Å². The van der Waals surface area contributed by atoms with Crippen LogP contribution in [0.3, 0.4) is 0 Å². The second kappa shape index (κ2) is 7.03. The summed E-state index contributed by atoms with van der Waals surface area (Å²) in [6, 6.07) is 15.3. The SMILES string of the molecule is CC(C)n1cc(C(=O)Nc2ccccc2C(C)(C)C)c(=O)c2ccccc21. The maximum absolute atomic E-state index is 13.0. The van der Waals surface area contributed by atoms with Gasteiger partial charge in [-0.25, -0.2) is 0 Å². The van der Waals surface area contributed by atoms with Crippen LogP contribution >= 0.6 is 0 Å².